The first-order chi connectivity index (χ1) is 13.9. The number of carbonyl (C=O) groups excluding carboxylic acids is 3. The standard InChI is InChI=1S/C22H25ClN2O4/c1-3-25(19-8-5-4-6-9-19)22(28)16(2)29-20(26)10-7-15-24-21(27)17-11-13-18(23)14-12-17/h4-6,8-9,11-14,16H,3,7,10,15H2,1-2H3,(H,24,27)/t16-/m1/s1. The fourth-order valence-electron chi connectivity index (χ4n) is 2.74. The van der Waals surface area contributed by atoms with Gasteiger partial charge in [-0.3, -0.25) is 14.4 Å². The van der Waals surface area contributed by atoms with Crippen LogP contribution in [0.4, 0.5) is 5.69 Å². The molecule has 7 heteroatoms. The molecule has 0 unspecified atom stereocenters. The molecule has 0 aliphatic carbocycles. The van der Waals surface area contributed by atoms with Crippen LogP contribution in [0.1, 0.15) is 37.0 Å². The Kier molecular flexibility index (Phi) is 8.68. The largest absolute Gasteiger partial charge is 0.453 e. The van der Waals surface area contributed by atoms with Crippen molar-refractivity contribution in [2.75, 3.05) is 18.0 Å². The number of halogens is 1. The summed E-state index contributed by atoms with van der Waals surface area (Å²) in [6.45, 7) is 4.22. The molecule has 154 valence electrons. The Bertz CT molecular complexity index is 824. The Labute approximate surface area is 175 Å². The molecule has 1 atom stereocenters. The van der Waals surface area contributed by atoms with Gasteiger partial charge in [-0.15, -0.1) is 0 Å². The number of rotatable bonds is 9. The molecule has 6 nitrogen and oxygen atoms in total. The van der Waals surface area contributed by atoms with E-state index in [2.05, 4.69) is 5.32 Å². The predicted octanol–water partition coefficient (Wildman–Crippen LogP) is 3.83. The van der Waals surface area contributed by atoms with E-state index in [9.17, 15) is 14.4 Å². The second kappa shape index (κ2) is 11.2. The van der Waals surface area contributed by atoms with Crippen molar-refractivity contribution in [2.24, 2.45) is 0 Å². The van der Waals surface area contributed by atoms with Crippen LogP contribution in [0.5, 0.6) is 0 Å². The molecular weight excluding hydrogens is 392 g/mol. The normalized spacial score (nSPS) is 11.4. The van der Waals surface area contributed by atoms with Crippen LogP contribution in [0, 0.1) is 0 Å². The van der Waals surface area contributed by atoms with Gasteiger partial charge in [-0.2, -0.15) is 0 Å². The highest BCUT2D eigenvalue weighted by Crippen LogP contribution is 2.15. The summed E-state index contributed by atoms with van der Waals surface area (Å²) in [5, 5.41) is 3.29. The lowest BCUT2D eigenvalue weighted by Gasteiger charge is -2.24. The molecule has 0 saturated carbocycles. The number of benzene rings is 2. The Morgan fingerprint density at radius 1 is 1.07 bits per heavy atom. The van der Waals surface area contributed by atoms with Gasteiger partial charge in [0.2, 0.25) is 0 Å². The second-order valence-corrected chi connectivity index (χ2v) is 6.85. The lowest BCUT2D eigenvalue weighted by molar-refractivity contribution is -0.153. The zero-order valence-electron chi connectivity index (χ0n) is 16.6. The summed E-state index contributed by atoms with van der Waals surface area (Å²) < 4.78 is 5.26. The first-order valence-electron chi connectivity index (χ1n) is 9.52. The van der Waals surface area contributed by atoms with Gasteiger partial charge >= 0.3 is 5.97 Å². The summed E-state index contributed by atoms with van der Waals surface area (Å²) in [6.07, 6.45) is -0.364. The van der Waals surface area contributed by atoms with Gasteiger partial charge in [0.05, 0.1) is 0 Å². The van der Waals surface area contributed by atoms with Gasteiger partial charge in [0.15, 0.2) is 6.10 Å². The number of carbonyl (C=O) groups is 3. The topological polar surface area (TPSA) is 75.7 Å². The van der Waals surface area contributed by atoms with E-state index in [1.54, 1.807) is 36.1 Å². The third-order valence-corrected chi connectivity index (χ3v) is 4.51. The van der Waals surface area contributed by atoms with Gasteiger partial charge in [0.1, 0.15) is 0 Å². The maximum Gasteiger partial charge on any atom is 0.306 e. The molecule has 0 aromatic heterocycles. The molecule has 0 heterocycles. The molecule has 0 fully saturated rings. The highest BCUT2D eigenvalue weighted by Gasteiger charge is 2.23. The zero-order valence-corrected chi connectivity index (χ0v) is 17.3. The SMILES string of the molecule is CCN(C(=O)[C@@H](C)OC(=O)CCCNC(=O)c1ccc(Cl)cc1)c1ccccc1. The summed E-state index contributed by atoms with van der Waals surface area (Å²) in [5.74, 6) is -0.987. The van der Waals surface area contributed by atoms with Gasteiger partial charge in [-0.25, -0.2) is 0 Å². The fourth-order valence-corrected chi connectivity index (χ4v) is 2.86. The van der Waals surface area contributed by atoms with E-state index in [-0.39, 0.29) is 18.2 Å². The first-order valence-corrected chi connectivity index (χ1v) is 9.89. The van der Waals surface area contributed by atoms with Crippen molar-refractivity contribution < 1.29 is 19.1 Å². The maximum atomic E-state index is 12.6. The number of anilines is 1. The van der Waals surface area contributed by atoms with Crippen LogP contribution in [-0.2, 0) is 14.3 Å². The Hall–Kier alpha value is -2.86. The summed E-state index contributed by atoms with van der Waals surface area (Å²) in [6, 6.07) is 15.8. The third-order valence-electron chi connectivity index (χ3n) is 4.26. The van der Waals surface area contributed by atoms with Gasteiger partial charge in [-0.05, 0) is 56.7 Å². The van der Waals surface area contributed by atoms with Crippen molar-refractivity contribution in [1.29, 1.82) is 0 Å². The van der Waals surface area contributed by atoms with Crippen molar-refractivity contribution >= 4 is 35.1 Å². The van der Waals surface area contributed by atoms with E-state index in [1.807, 2.05) is 37.3 Å². The third kappa shape index (κ3) is 6.91. The minimum Gasteiger partial charge on any atom is -0.453 e. The smallest absolute Gasteiger partial charge is 0.306 e. The number of esters is 1. The van der Waals surface area contributed by atoms with Gasteiger partial charge in [0.25, 0.3) is 11.8 Å². The molecule has 1 N–H and O–H groups in total. The summed E-state index contributed by atoms with van der Waals surface area (Å²) in [4.78, 5) is 38.2. The quantitative estimate of drug-likeness (QED) is 0.497. The molecule has 0 spiro atoms. The molecule has 2 aromatic carbocycles. The Morgan fingerprint density at radius 3 is 2.34 bits per heavy atom. The van der Waals surface area contributed by atoms with Crippen molar-refractivity contribution in [3.05, 3.63) is 65.2 Å². The van der Waals surface area contributed by atoms with E-state index in [1.165, 1.54) is 0 Å². The predicted molar refractivity (Wildman–Crippen MR) is 113 cm³/mol. The molecule has 0 radical (unpaired) electrons. The highest BCUT2D eigenvalue weighted by molar-refractivity contribution is 6.30. The number of hydrogen-bond donors (Lipinski definition) is 1. The lowest BCUT2D eigenvalue weighted by Crippen LogP contribution is -2.40. The molecule has 29 heavy (non-hydrogen) atoms. The molecule has 2 aromatic rings. The van der Waals surface area contributed by atoms with Crippen molar-refractivity contribution in [1.82, 2.24) is 5.32 Å². The van der Waals surface area contributed by atoms with Gasteiger partial charge in [-0.1, -0.05) is 29.8 Å². The van der Waals surface area contributed by atoms with Crippen LogP contribution in [0.3, 0.4) is 0 Å². The number of nitrogens with zero attached hydrogens (tertiary/aromatic N) is 1. The summed E-state index contributed by atoms with van der Waals surface area (Å²) in [5.41, 5.74) is 1.25. The highest BCUT2D eigenvalue weighted by atomic mass is 35.5. The number of ether oxygens (including phenoxy) is 1. The van der Waals surface area contributed by atoms with Gasteiger partial charge in [0, 0.05) is 35.8 Å². The number of nitrogens with one attached hydrogen (secondary N) is 1. The number of likely N-dealkylation sites (N-methyl/N-ethyl adjacent to an activating group) is 1. The molecule has 2 rings (SSSR count). The maximum absolute atomic E-state index is 12.6. The van der Waals surface area contributed by atoms with E-state index in [4.69, 9.17) is 16.3 Å². The minimum absolute atomic E-state index is 0.107. The molecular formula is C22H25ClN2O4. The average molecular weight is 417 g/mol. The van der Waals surface area contributed by atoms with Crippen molar-refractivity contribution in [3.8, 4) is 0 Å². The van der Waals surface area contributed by atoms with Crippen molar-refractivity contribution in [3.63, 3.8) is 0 Å². The fraction of sp³-hybridized carbons (Fsp3) is 0.318. The minimum atomic E-state index is -0.883. The summed E-state index contributed by atoms with van der Waals surface area (Å²) >= 11 is 5.80. The Morgan fingerprint density at radius 2 is 1.72 bits per heavy atom. The van der Waals surface area contributed by atoms with E-state index < -0.39 is 12.1 Å². The molecule has 0 aliphatic heterocycles. The monoisotopic (exact) mass is 416 g/mol. The number of hydrogen-bond acceptors (Lipinski definition) is 4. The van der Waals surface area contributed by atoms with Crippen LogP contribution in [0.25, 0.3) is 0 Å². The lowest BCUT2D eigenvalue weighted by atomic mass is 10.2. The average Bonchev–Trinajstić information content (AvgIpc) is 2.72. The molecule has 0 bridgehead atoms. The molecule has 0 aliphatic rings. The Balaban J connectivity index is 1.74. The van der Waals surface area contributed by atoms with Crippen LogP contribution in [0.2, 0.25) is 5.02 Å². The van der Waals surface area contributed by atoms with Crippen LogP contribution in [0.15, 0.2) is 54.6 Å². The number of para-hydroxylation sites is 1. The first kappa shape index (κ1) is 22.4. The number of amides is 2. The second-order valence-electron chi connectivity index (χ2n) is 6.42. The van der Waals surface area contributed by atoms with E-state index in [0.717, 1.165) is 5.69 Å². The van der Waals surface area contributed by atoms with Crippen LogP contribution in [-0.4, -0.2) is 37.0 Å². The zero-order chi connectivity index (χ0) is 21.2. The summed E-state index contributed by atoms with van der Waals surface area (Å²) in [7, 11) is 0. The van der Waals surface area contributed by atoms with Crippen LogP contribution >= 0.6 is 11.6 Å². The van der Waals surface area contributed by atoms with Gasteiger partial charge < -0.3 is 15.0 Å². The molecule has 2 amide bonds. The molecule has 0 saturated heterocycles. The van der Waals surface area contributed by atoms with Crippen LogP contribution < -0.4 is 10.2 Å². The van der Waals surface area contributed by atoms with E-state index >= 15 is 0 Å². The van der Waals surface area contributed by atoms with E-state index in [0.29, 0.717) is 30.1 Å². The van der Waals surface area contributed by atoms with Crippen molar-refractivity contribution in [2.45, 2.75) is 32.8 Å².